The second-order valence-corrected chi connectivity index (χ2v) is 7.90. The summed E-state index contributed by atoms with van der Waals surface area (Å²) in [6, 6.07) is 5.95. The molecule has 1 aliphatic rings. The van der Waals surface area contributed by atoms with Gasteiger partial charge in [0.25, 0.3) is 5.91 Å². The van der Waals surface area contributed by atoms with Gasteiger partial charge in [0.2, 0.25) is 10.0 Å². The highest BCUT2D eigenvalue weighted by molar-refractivity contribution is 7.89. The number of sulfonamides is 1. The molecule has 1 aliphatic heterocycles. The van der Waals surface area contributed by atoms with E-state index in [0.29, 0.717) is 31.9 Å². The molecule has 0 N–H and O–H groups in total. The Labute approximate surface area is 152 Å². The molecule has 0 radical (unpaired) electrons. The lowest BCUT2D eigenvalue weighted by Crippen LogP contribution is -2.40. The molecule has 0 spiro atoms. The Kier molecular flexibility index (Phi) is 7.31. The number of morpholine rings is 1. The Bertz CT molecular complexity index is 640. The van der Waals surface area contributed by atoms with Crippen LogP contribution in [0.1, 0.15) is 10.4 Å². The van der Waals surface area contributed by atoms with Crippen LogP contribution < -0.4 is 0 Å². The number of carbonyl (C=O) groups is 1. The monoisotopic (exact) mass is 394 g/mol. The summed E-state index contributed by atoms with van der Waals surface area (Å²) >= 11 is 11.3. The number of benzene rings is 1. The molecule has 0 bridgehead atoms. The molecule has 134 valence electrons. The van der Waals surface area contributed by atoms with Gasteiger partial charge in [-0.05, 0) is 24.3 Å². The molecule has 0 unspecified atom stereocenters. The average Bonchev–Trinajstić information content (AvgIpc) is 2.62. The van der Waals surface area contributed by atoms with E-state index in [4.69, 9.17) is 27.9 Å². The van der Waals surface area contributed by atoms with Gasteiger partial charge in [-0.1, -0.05) is 0 Å². The van der Waals surface area contributed by atoms with Crippen LogP contribution in [0, 0.1) is 0 Å². The maximum atomic E-state index is 12.6. The fraction of sp³-hybridized carbons (Fsp3) is 0.533. The molecule has 1 amide bonds. The van der Waals surface area contributed by atoms with Crippen LogP contribution in [0.2, 0.25) is 0 Å². The van der Waals surface area contributed by atoms with Crippen LogP contribution in [0.5, 0.6) is 0 Å². The fourth-order valence-corrected chi connectivity index (χ4v) is 4.46. The molecule has 1 aromatic carbocycles. The topological polar surface area (TPSA) is 66.9 Å². The molecule has 0 saturated carbocycles. The lowest BCUT2D eigenvalue weighted by atomic mass is 10.2. The first-order chi connectivity index (χ1) is 11.5. The van der Waals surface area contributed by atoms with Crippen LogP contribution in [0.4, 0.5) is 0 Å². The molecule has 1 saturated heterocycles. The molecular formula is C15H20Cl2N2O4S. The first kappa shape index (κ1) is 19.5. The van der Waals surface area contributed by atoms with E-state index in [2.05, 4.69) is 0 Å². The quantitative estimate of drug-likeness (QED) is 0.659. The maximum absolute atomic E-state index is 12.6. The van der Waals surface area contributed by atoms with Gasteiger partial charge in [0, 0.05) is 43.5 Å². The molecule has 2 rings (SSSR count). The highest BCUT2D eigenvalue weighted by atomic mass is 35.5. The number of hydrogen-bond donors (Lipinski definition) is 0. The van der Waals surface area contributed by atoms with Crippen LogP contribution in [0.15, 0.2) is 29.2 Å². The van der Waals surface area contributed by atoms with Gasteiger partial charge in [-0.25, -0.2) is 8.42 Å². The smallest absolute Gasteiger partial charge is 0.254 e. The average molecular weight is 395 g/mol. The van der Waals surface area contributed by atoms with Crippen molar-refractivity contribution >= 4 is 39.1 Å². The van der Waals surface area contributed by atoms with Crippen molar-refractivity contribution in [2.24, 2.45) is 0 Å². The minimum absolute atomic E-state index is 0.122. The van der Waals surface area contributed by atoms with Gasteiger partial charge in [0.15, 0.2) is 0 Å². The van der Waals surface area contributed by atoms with E-state index in [1.807, 2.05) is 0 Å². The summed E-state index contributed by atoms with van der Waals surface area (Å²) in [5.41, 5.74) is 0.456. The van der Waals surface area contributed by atoms with E-state index in [-0.39, 0.29) is 35.7 Å². The molecular weight excluding hydrogens is 375 g/mol. The Morgan fingerprint density at radius 2 is 1.62 bits per heavy atom. The first-order valence-electron chi connectivity index (χ1n) is 7.60. The summed E-state index contributed by atoms with van der Waals surface area (Å²) in [5.74, 6) is 0.244. The summed E-state index contributed by atoms with van der Waals surface area (Å²) in [6.45, 7) is 2.49. The van der Waals surface area contributed by atoms with E-state index in [9.17, 15) is 13.2 Å². The lowest BCUT2D eigenvalue weighted by molar-refractivity contribution is 0.0303. The molecule has 0 aliphatic carbocycles. The lowest BCUT2D eigenvalue weighted by Gasteiger charge is -2.27. The zero-order valence-corrected chi connectivity index (χ0v) is 15.5. The molecule has 0 aromatic heterocycles. The van der Waals surface area contributed by atoms with Crippen LogP contribution in [-0.2, 0) is 14.8 Å². The molecule has 6 nitrogen and oxygen atoms in total. The molecule has 1 heterocycles. The normalized spacial score (nSPS) is 15.7. The largest absolute Gasteiger partial charge is 0.378 e. The zero-order valence-electron chi connectivity index (χ0n) is 13.2. The summed E-state index contributed by atoms with van der Waals surface area (Å²) < 4.78 is 31.6. The first-order valence-corrected chi connectivity index (χ1v) is 10.1. The predicted molar refractivity (Wildman–Crippen MR) is 93.4 cm³/mol. The van der Waals surface area contributed by atoms with E-state index in [1.54, 1.807) is 4.90 Å². The zero-order chi connectivity index (χ0) is 17.6. The standard InChI is InChI=1S/C15H20Cl2N2O4S/c16-5-7-19(8-6-17)24(21,22)14-3-1-13(2-4-14)15(20)18-9-11-23-12-10-18/h1-4H,5-12H2. The summed E-state index contributed by atoms with van der Waals surface area (Å²) in [4.78, 5) is 14.2. The van der Waals surface area contributed by atoms with Gasteiger partial charge in [-0.15, -0.1) is 23.2 Å². The van der Waals surface area contributed by atoms with Crippen LogP contribution >= 0.6 is 23.2 Å². The van der Waals surface area contributed by atoms with Crippen molar-refractivity contribution in [2.45, 2.75) is 4.90 Å². The van der Waals surface area contributed by atoms with E-state index >= 15 is 0 Å². The van der Waals surface area contributed by atoms with Crippen molar-refractivity contribution in [3.63, 3.8) is 0 Å². The van der Waals surface area contributed by atoms with Gasteiger partial charge < -0.3 is 9.64 Å². The van der Waals surface area contributed by atoms with Crippen molar-refractivity contribution < 1.29 is 17.9 Å². The molecule has 1 fully saturated rings. The van der Waals surface area contributed by atoms with Gasteiger partial charge in [0.05, 0.1) is 18.1 Å². The summed E-state index contributed by atoms with van der Waals surface area (Å²) in [5, 5.41) is 0. The van der Waals surface area contributed by atoms with E-state index in [0.717, 1.165) is 0 Å². The van der Waals surface area contributed by atoms with Gasteiger partial charge in [-0.2, -0.15) is 4.31 Å². The van der Waals surface area contributed by atoms with Crippen LogP contribution in [-0.4, -0.2) is 74.7 Å². The molecule has 24 heavy (non-hydrogen) atoms. The number of carbonyl (C=O) groups excluding carboxylic acids is 1. The Morgan fingerprint density at radius 1 is 1.08 bits per heavy atom. The van der Waals surface area contributed by atoms with Crippen molar-refractivity contribution in [1.82, 2.24) is 9.21 Å². The number of hydrogen-bond acceptors (Lipinski definition) is 4. The summed E-state index contributed by atoms with van der Waals surface area (Å²) in [7, 11) is -3.67. The van der Waals surface area contributed by atoms with Gasteiger partial charge in [-0.3, -0.25) is 4.79 Å². The number of rotatable bonds is 7. The van der Waals surface area contributed by atoms with Crippen molar-refractivity contribution in [3.05, 3.63) is 29.8 Å². The highest BCUT2D eigenvalue weighted by Crippen LogP contribution is 2.18. The van der Waals surface area contributed by atoms with Crippen molar-refractivity contribution in [3.8, 4) is 0 Å². The Balaban J connectivity index is 2.16. The third kappa shape index (κ3) is 4.61. The number of nitrogens with zero attached hydrogens (tertiary/aromatic N) is 2. The SMILES string of the molecule is O=C(c1ccc(S(=O)(=O)N(CCCl)CCCl)cc1)N1CCOCC1. The van der Waals surface area contributed by atoms with Crippen molar-refractivity contribution in [1.29, 1.82) is 0 Å². The van der Waals surface area contributed by atoms with E-state index in [1.165, 1.54) is 28.6 Å². The van der Waals surface area contributed by atoms with E-state index < -0.39 is 10.0 Å². The number of halogens is 2. The van der Waals surface area contributed by atoms with Crippen molar-refractivity contribution in [2.75, 3.05) is 51.2 Å². The minimum Gasteiger partial charge on any atom is -0.378 e. The van der Waals surface area contributed by atoms with Crippen LogP contribution in [0.3, 0.4) is 0 Å². The Morgan fingerprint density at radius 3 is 2.12 bits per heavy atom. The second-order valence-electron chi connectivity index (χ2n) is 5.21. The third-order valence-electron chi connectivity index (χ3n) is 3.71. The third-order valence-corrected chi connectivity index (χ3v) is 5.96. The second kappa shape index (κ2) is 9.01. The van der Waals surface area contributed by atoms with Gasteiger partial charge in [0.1, 0.15) is 0 Å². The fourth-order valence-electron chi connectivity index (χ4n) is 2.41. The van der Waals surface area contributed by atoms with Gasteiger partial charge >= 0.3 is 0 Å². The predicted octanol–water partition coefficient (Wildman–Crippen LogP) is 1.63. The maximum Gasteiger partial charge on any atom is 0.254 e. The van der Waals surface area contributed by atoms with Crippen LogP contribution in [0.25, 0.3) is 0 Å². The summed E-state index contributed by atoms with van der Waals surface area (Å²) in [6.07, 6.45) is 0. The molecule has 0 atom stereocenters. The number of ether oxygens (including phenoxy) is 1. The Hall–Kier alpha value is -0.860. The number of alkyl halides is 2. The highest BCUT2D eigenvalue weighted by Gasteiger charge is 2.24. The number of amides is 1. The molecule has 9 heteroatoms. The molecule has 1 aromatic rings. The minimum atomic E-state index is -3.67.